The lowest BCUT2D eigenvalue weighted by atomic mass is 9.90. The van der Waals surface area contributed by atoms with E-state index in [9.17, 15) is 26.7 Å². The summed E-state index contributed by atoms with van der Waals surface area (Å²) in [4.78, 5) is 22.9. The maximum absolute atomic E-state index is 14.4. The van der Waals surface area contributed by atoms with Crippen molar-refractivity contribution in [2.45, 2.75) is 18.4 Å². The van der Waals surface area contributed by atoms with E-state index in [1.165, 1.54) is 0 Å². The van der Waals surface area contributed by atoms with Crippen molar-refractivity contribution >= 4 is 17.4 Å². The minimum atomic E-state index is -3.14. The van der Waals surface area contributed by atoms with Crippen molar-refractivity contribution < 1.29 is 31.5 Å². The molecule has 0 saturated carbocycles. The molecule has 1 amide bonds. The maximum atomic E-state index is 14.4. The van der Waals surface area contributed by atoms with Gasteiger partial charge in [-0.1, -0.05) is 0 Å². The zero-order valence-corrected chi connectivity index (χ0v) is 14.6. The van der Waals surface area contributed by atoms with E-state index in [1.54, 1.807) is 0 Å². The lowest BCUT2D eigenvalue weighted by Crippen LogP contribution is -2.45. The normalized spacial score (nSPS) is 19.3. The summed E-state index contributed by atoms with van der Waals surface area (Å²) >= 11 is 0. The largest absolute Gasteiger partial charge is 0.385 e. The number of nitrogens with zero attached hydrogens (tertiary/aromatic N) is 3. The van der Waals surface area contributed by atoms with Crippen LogP contribution in [0.2, 0.25) is 0 Å². The van der Waals surface area contributed by atoms with Crippen molar-refractivity contribution in [3.8, 4) is 0 Å². The highest BCUT2D eigenvalue weighted by atomic mass is 19.3. The number of ether oxygens (including phenoxy) is 1. The lowest BCUT2D eigenvalue weighted by molar-refractivity contribution is -0.0145. The third kappa shape index (κ3) is 4.16. The Hall–Kier alpha value is -3.15. The maximum Gasteiger partial charge on any atom is 0.281 e. The van der Waals surface area contributed by atoms with Crippen molar-refractivity contribution in [2.75, 3.05) is 18.5 Å². The third-order valence-corrected chi connectivity index (χ3v) is 4.09. The zero-order valence-electron chi connectivity index (χ0n) is 14.6. The van der Waals surface area contributed by atoms with Crippen molar-refractivity contribution in [1.29, 1.82) is 0 Å². The van der Waals surface area contributed by atoms with Gasteiger partial charge in [0.1, 0.15) is 29.6 Å². The van der Waals surface area contributed by atoms with Crippen LogP contribution in [0.3, 0.4) is 0 Å². The number of nitrogens with two attached hydrogens (primary N) is 1. The van der Waals surface area contributed by atoms with Crippen LogP contribution in [-0.4, -0.2) is 41.3 Å². The number of hydrogen-bond donors (Lipinski definition) is 2. The highest BCUT2D eigenvalue weighted by Crippen LogP contribution is 2.38. The number of hydrogen-bond acceptors (Lipinski definition) is 6. The number of alkyl halides is 4. The van der Waals surface area contributed by atoms with Gasteiger partial charge in [-0.25, -0.2) is 26.9 Å². The van der Waals surface area contributed by atoms with E-state index in [0.717, 1.165) is 30.6 Å². The van der Waals surface area contributed by atoms with Crippen molar-refractivity contribution in [2.24, 2.45) is 10.7 Å². The number of carbonyl (C=O) groups excluding carboxylic acids is 1. The average Bonchev–Trinajstić information content (AvgIpc) is 2.69. The molecule has 1 aliphatic rings. The fourth-order valence-electron chi connectivity index (χ4n) is 2.70. The summed E-state index contributed by atoms with van der Waals surface area (Å²) in [6.07, 6.45) is -4.43. The first-order chi connectivity index (χ1) is 13.7. The van der Waals surface area contributed by atoms with Gasteiger partial charge in [0.25, 0.3) is 18.8 Å². The van der Waals surface area contributed by atoms with Crippen molar-refractivity contribution in [1.82, 2.24) is 9.97 Å². The first-order valence-electron chi connectivity index (χ1n) is 8.14. The fraction of sp³-hybridized carbons (Fsp3) is 0.294. The molecule has 1 atom stereocenters. The molecule has 1 aliphatic heterocycles. The minimum absolute atomic E-state index is 0.0505. The van der Waals surface area contributed by atoms with Gasteiger partial charge in [0.2, 0.25) is 0 Å². The van der Waals surface area contributed by atoms with Crippen LogP contribution < -0.4 is 11.1 Å². The van der Waals surface area contributed by atoms with E-state index in [1.807, 2.05) is 0 Å². The number of amidine groups is 1. The number of halogens is 5. The molecule has 154 valence electrons. The Kier molecular flexibility index (Phi) is 5.73. The van der Waals surface area contributed by atoms with Gasteiger partial charge in [-0.15, -0.1) is 0 Å². The molecule has 3 N–H and O–H groups in total. The number of carbonyl (C=O) groups is 1. The minimum Gasteiger partial charge on any atom is -0.385 e. The topological polar surface area (TPSA) is 102 Å². The smallest absolute Gasteiger partial charge is 0.281 e. The summed E-state index contributed by atoms with van der Waals surface area (Å²) < 4.78 is 72.0. The number of aromatic nitrogens is 2. The van der Waals surface area contributed by atoms with E-state index < -0.39 is 48.0 Å². The van der Waals surface area contributed by atoms with Gasteiger partial charge in [0.15, 0.2) is 5.54 Å². The molecule has 3 rings (SSSR count). The second-order valence-electron chi connectivity index (χ2n) is 6.10. The summed E-state index contributed by atoms with van der Waals surface area (Å²) in [5.41, 5.74) is 1.64. The molecule has 1 aromatic carbocycles. The Morgan fingerprint density at radius 2 is 1.97 bits per heavy atom. The third-order valence-electron chi connectivity index (χ3n) is 4.09. The summed E-state index contributed by atoms with van der Waals surface area (Å²) in [5, 5.41) is 2.32. The van der Waals surface area contributed by atoms with Crippen LogP contribution in [0.1, 0.15) is 28.2 Å². The predicted octanol–water partition coefficient (Wildman–Crippen LogP) is 2.65. The molecule has 0 bridgehead atoms. The molecule has 2 aromatic rings. The van der Waals surface area contributed by atoms with Gasteiger partial charge in [-0.2, -0.15) is 0 Å². The van der Waals surface area contributed by atoms with Crippen LogP contribution in [0.15, 0.2) is 35.6 Å². The molecule has 0 fully saturated rings. The SMILES string of the molecule is NC1=N[C@@](c2cc(NC(=O)c3cnc(C(F)F)cn3)ccc2F)(C(F)F)COC1. The molecule has 0 unspecified atom stereocenters. The molecular formula is C17H14F5N5O2. The van der Waals surface area contributed by atoms with Crippen molar-refractivity contribution in [3.05, 3.63) is 53.4 Å². The van der Waals surface area contributed by atoms with E-state index >= 15 is 0 Å². The number of amides is 1. The summed E-state index contributed by atoms with van der Waals surface area (Å²) in [6.45, 7) is -0.778. The van der Waals surface area contributed by atoms with E-state index in [2.05, 4.69) is 20.3 Å². The molecule has 0 radical (unpaired) electrons. The van der Waals surface area contributed by atoms with Crippen LogP contribution in [-0.2, 0) is 10.3 Å². The van der Waals surface area contributed by atoms with E-state index in [0.29, 0.717) is 0 Å². The molecule has 12 heteroatoms. The van der Waals surface area contributed by atoms with Crippen molar-refractivity contribution in [3.63, 3.8) is 0 Å². The Balaban J connectivity index is 1.91. The summed E-state index contributed by atoms with van der Waals surface area (Å²) in [6, 6.07) is 2.99. The van der Waals surface area contributed by atoms with E-state index in [4.69, 9.17) is 10.5 Å². The summed E-state index contributed by atoms with van der Waals surface area (Å²) in [7, 11) is 0. The van der Waals surface area contributed by atoms with Gasteiger partial charge in [0, 0.05) is 11.3 Å². The quantitative estimate of drug-likeness (QED) is 0.731. The van der Waals surface area contributed by atoms with E-state index in [-0.39, 0.29) is 23.8 Å². The number of anilines is 1. The van der Waals surface area contributed by atoms with Crippen LogP contribution >= 0.6 is 0 Å². The standard InChI is InChI=1S/C17H14F5N5O2/c18-10-2-1-8(26-15(28)12-5-24-11(4-25-12)14(19)20)3-9(10)17(16(21)22)7-29-6-13(23)27-17/h1-5,14,16H,6-7H2,(H2,23,27)(H,26,28)/t17-/m0/s1. The van der Waals surface area contributed by atoms with Crippen LogP contribution in [0.25, 0.3) is 0 Å². The Labute approximate surface area is 160 Å². The van der Waals surface area contributed by atoms with Gasteiger partial charge in [0.05, 0.1) is 19.0 Å². The monoisotopic (exact) mass is 415 g/mol. The number of aliphatic imine (C=N–C) groups is 1. The summed E-state index contributed by atoms with van der Waals surface area (Å²) in [5.74, 6) is -2.07. The highest BCUT2D eigenvalue weighted by Gasteiger charge is 2.46. The van der Waals surface area contributed by atoms with Gasteiger partial charge < -0.3 is 15.8 Å². The lowest BCUT2D eigenvalue weighted by Gasteiger charge is -2.33. The highest BCUT2D eigenvalue weighted by molar-refractivity contribution is 6.02. The number of rotatable bonds is 5. The van der Waals surface area contributed by atoms with Crippen LogP contribution in [0.4, 0.5) is 27.6 Å². The number of benzene rings is 1. The molecule has 0 spiro atoms. The van der Waals surface area contributed by atoms with Crippen LogP contribution in [0.5, 0.6) is 0 Å². The van der Waals surface area contributed by atoms with Crippen LogP contribution in [0, 0.1) is 5.82 Å². The zero-order chi connectivity index (χ0) is 21.2. The Morgan fingerprint density at radius 1 is 1.21 bits per heavy atom. The Bertz CT molecular complexity index is 938. The molecule has 2 heterocycles. The van der Waals surface area contributed by atoms with Gasteiger partial charge >= 0.3 is 0 Å². The molecular weight excluding hydrogens is 401 g/mol. The molecule has 7 nitrogen and oxygen atoms in total. The molecule has 29 heavy (non-hydrogen) atoms. The first-order valence-corrected chi connectivity index (χ1v) is 8.14. The van der Waals surface area contributed by atoms with Gasteiger partial charge in [-0.05, 0) is 18.2 Å². The molecule has 0 aliphatic carbocycles. The number of nitrogens with one attached hydrogen (secondary N) is 1. The predicted molar refractivity (Wildman–Crippen MR) is 91.5 cm³/mol. The molecule has 1 aromatic heterocycles. The second kappa shape index (κ2) is 8.07. The van der Waals surface area contributed by atoms with Gasteiger partial charge in [-0.3, -0.25) is 14.8 Å². The first kappa shape index (κ1) is 20.6. The second-order valence-corrected chi connectivity index (χ2v) is 6.10. The molecule has 0 saturated heterocycles. The average molecular weight is 415 g/mol. The fourth-order valence-corrected chi connectivity index (χ4v) is 2.70. The Morgan fingerprint density at radius 3 is 2.55 bits per heavy atom.